The van der Waals surface area contributed by atoms with E-state index < -0.39 is 17.7 Å². The zero-order valence-corrected chi connectivity index (χ0v) is 14.8. The van der Waals surface area contributed by atoms with Gasteiger partial charge in [0.2, 0.25) is 0 Å². The smallest absolute Gasteiger partial charge is 0.338 e. The Morgan fingerprint density at radius 3 is 2.56 bits per heavy atom. The molecule has 0 aliphatic heterocycles. The number of allylic oxidation sites excluding steroid dienone is 4. The Morgan fingerprint density at radius 2 is 1.92 bits per heavy atom. The van der Waals surface area contributed by atoms with Crippen LogP contribution >= 0.6 is 0 Å². The number of carbonyl (C=O) groups is 1. The first-order valence-corrected chi connectivity index (χ1v) is 8.20. The van der Waals surface area contributed by atoms with Crippen LogP contribution in [0, 0.1) is 0 Å². The average Bonchev–Trinajstić information content (AvgIpc) is 2.82. The van der Waals surface area contributed by atoms with Gasteiger partial charge in [-0.25, -0.2) is 4.79 Å². The maximum atomic E-state index is 12.6. The van der Waals surface area contributed by atoms with E-state index in [0.29, 0.717) is 12.2 Å². The van der Waals surface area contributed by atoms with Gasteiger partial charge in [0.1, 0.15) is 17.6 Å². The number of benzene rings is 1. The van der Waals surface area contributed by atoms with Gasteiger partial charge >= 0.3 is 5.97 Å². The number of hydrogen-bond acceptors (Lipinski definition) is 5. The summed E-state index contributed by atoms with van der Waals surface area (Å²) in [7, 11) is 1.57. The summed E-state index contributed by atoms with van der Waals surface area (Å²) in [5, 5.41) is 9.44. The lowest BCUT2D eigenvalue weighted by Gasteiger charge is -2.31. The quantitative estimate of drug-likeness (QED) is 0.769. The van der Waals surface area contributed by atoms with E-state index in [1.807, 2.05) is 24.3 Å². The van der Waals surface area contributed by atoms with Gasteiger partial charge in [0, 0.05) is 6.42 Å². The van der Waals surface area contributed by atoms with Crippen LogP contribution in [0.25, 0.3) is 0 Å². The Morgan fingerprint density at radius 1 is 1.20 bits per heavy atom. The summed E-state index contributed by atoms with van der Waals surface area (Å²) in [6.45, 7) is 3.73. The molecule has 1 N–H and O–H groups in total. The average molecular weight is 344 g/mol. The zero-order valence-electron chi connectivity index (χ0n) is 14.8. The third-order valence-corrected chi connectivity index (χ3v) is 3.86. The van der Waals surface area contributed by atoms with Crippen molar-refractivity contribution in [3.63, 3.8) is 0 Å². The highest BCUT2D eigenvalue weighted by molar-refractivity contribution is 5.79. The molecule has 0 amide bonds. The lowest BCUT2D eigenvalue weighted by molar-refractivity contribution is -0.173. The Kier molecular flexibility index (Phi) is 6.42. The van der Waals surface area contributed by atoms with Gasteiger partial charge in [-0.15, -0.1) is 0 Å². The molecule has 5 nitrogen and oxygen atoms in total. The number of hydrogen-bond donors (Lipinski definition) is 1. The highest BCUT2D eigenvalue weighted by atomic mass is 16.6. The van der Waals surface area contributed by atoms with E-state index in [9.17, 15) is 9.90 Å². The minimum absolute atomic E-state index is 0.171. The predicted molar refractivity (Wildman–Crippen MR) is 95.1 cm³/mol. The number of rotatable bonds is 7. The molecule has 0 heterocycles. The molecule has 1 aromatic rings. The van der Waals surface area contributed by atoms with E-state index in [1.165, 1.54) is 0 Å². The first kappa shape index (κ1) is 18.8. The van der Waals surface area contributed by atoms with Gasteiger partial charge in [-0.3, -0.25) is 0 Å². The van der Waals surface area contributed by atoms with Gasteiger partial charge in [0.05, 0.1) is 13.7 Å². The second-order valence-corrected chi connectivity index (χ2v) is 5.88. The van der Waals surface area contributed by atoms with Crippen LogP contribution < -0.4 is 0 Å². The fourth-order valence-electron chi connectivity index (χ4n) is 2.58. The summed E-state index contributed by atoms with van der Waals surface area (Å²) in [5.74, 6) is 0.334. The largest absolute Gasteiger partial charge is 0.508 e. The topological polar surface area (TPSA) is 65.0 Å². The van der Waals surface area contributed by atoms with Crippen molar-refractivity contribution < 1.29 is 24.1 Å². The molecule has 1 aliphatic carbocycles. The number of ether oxygens (including phenoxy) is 3. The molecule has 0 saturated heterocycles. The number of esters is 1. The van der Waals surface area contributed by atoms with Crippen molar-refractivity contribution in [3.8, 4) is 5.75 Å². The van der Waals surface area contributed by atoms with E-state index in [2.05, 4.69) is 0 Å². The normalized spacial score (nSPS) is 18.8. The maximum absolute atomic E-state index is 12.6. The summed E-state index contributed by atoms with van der Waals surface area (Å²) >= 11 is 0. The maximum Gasteiger partial charge on any atom is 0.338 e. The van der Waals surface area contributed by atoms with Crippen LogP contribution in [0.2, 0.25) is 0 Å². The van der Waals surface area contributed by atoms with Crippen LogP contribution in [0.15, 0.2) is 60.4 Å². The number of phenols is 1. The lowest BCUT2D eigenvalue weighted by atomic mass is 9.95. The van der Waals surface area contributed by atoms with Gasteiger partial charge in [-0.2, -0.15) is 0 Å². The summed E-state index contributed by atoms with van der Waals surface area (Å²) in [6.07, 6.45) is 8.99. The SMILES string of the molecule is CCOC(=O)C(C)(Cc1ccc(O)cc1)OC1C=CC=CC=C1OC. The second kappa shape index (κ2) is 8.53. The van der Waals surface area contributed by atoms with Crippen LogP contribution in [-0.4, -0.2) is 36.5 Å². The molecule has 25 heavy (non-hydrogen) atoms. The standard InChI is InChI=1S/C20H24O5/c1-4-24-19(22)20(2,14-15-10-12-16(21)13-11-15)25-18-9-7-5-6-8-17(18)23-3/h5-13,18,21H,4,14H2,1-3H3. The van der Waals surface area contributed by atoms with Gasteiger partial charge in [0.15, 0.2) is 5.60 Å². The molecule has 0 radical (unpaired) electrons. The predicted octanol–water partition coefficient (Wildman–Crippen LogP) is 3.30. The van der Waals surface area contributed by atoms with Crippen LogP contribution in [0.4, 0.5) is 0 Å². The Hall–Kier alpha value is -2.53. The van der Waals surface area contributed by atoms with Crippen molar-refractivity contribution in [2.24, 2.45) is 0 Å². The van der Waals surface area contributed by atoms with Crippen molar-refractivity contribution in [1.29, 1.82) is 0 Å². The number of methoxy groups -OCH3 is 1. The summed E-state index contributed by atoms with van der Waals surface area (Å²) in [6, 6.07) is 6.68. The molecule has 0 fully saturated rings. The third kappa shape index (κ3) is 4.97. The van der Waals surface area contributed by atoms with Crippen molar-refractivity contribution >= 4 is 5.97 Å². The lowest BCUT2D eigenvalue weighted by Crippen LogP contribution is -2.45. The fourth-order valence-corrected chi connectivity index (χ4v) is 2.58. The molecule has 1 aliphatic rings. The second-order valence-electron chi connectivity index (χ2n) is 5.88. The third-order valence-electron chi connectivity index (χ3n) is 3.86. The zero-order chi connectivity index (χ0) is 18.3. The summed E-state index contributed by atoms with van der Waals surface area (Å²) in [5.41, 5.74) is -0.351. The highest BCUT2D eigenvalue weighted by Gasteiger charge is 2.39. The summed E-state index contributed by atoms with van der Waals surface area (Å²) in [4.78, 5) is 12.6. The van der Waals surface area contributed by atoms with E-state index in [4.69, 9.17) is 14.2 Å². The van der Waals surface area contributed by atoms with Gasteiger partial charge in [-0.05, 0) is 43.7 Å². The monoisotopic (exact) mass is 344 g/mol. The molecule has 2 rings (SSSR count). The molecule has 2 unspecified atom stereocenters. The fraction of sp³-hybridized carbons (Fsp3) is 0.350. The van der Waals surface area contributed by atoms with Gasteiger partial charge in [-0.1, -0.05) is 30.4 Å². The van der Waals surface area contributed by atoms with E-state index in [1.54, 1.807) is 51.3 Å². The van der Waals surface area contributed by atoms with E-state index >= 15 is 0 Å². The summed E-state index contributed by atoms with van der Waals surface area (Å²) < 4.78 is 16.8. The molecule has 134 valence electrons. The Bertz CT molecular complexity index is 672. The van der Waals surface area contributed by atoms with E-state index in [0.717, 1.165) is 5.56 Å². The molecular weight excluding hydrogens is 320 g/mol. The molecular formula is C20H24O5. The van der Waals surface area contributed by atoms with Crippen LogP contribution in [0.1, 0.15) is 19.4 Å². The van der Waals surface area contributed by atoms with Crippen molar-refractivity contribution in [2.75, 3.05) is 13.7 Å². The van der Waals surface area contributed by atoms with E-state index in [-0.39, 0.29) is 12.4 Å². The van der Waals surface area contributed by atoms with Crippen molar-refractivity contribution in [2.45, 2.75) is 32.0 Å². The first-order valence-electron chi connectivity index (χ1n) is 8.20. The molecule has 1 aromatic carbocycles. The molecule has 0 saturated carbocycles. The van der Waals surface area contributed by atoms with Crippen molar-refractivity contribution in [3.05, 3.63) is 66.0 Å². The number of phenolic OH excluding ortho intramolecular Hbond substituents is 1. The Labute approximate surface area is 148 Å². The van der Waals surface area contributed by atoms with Crippen LogP contribution in [0.5, 0.6) is 5.75 Å². The van der Waals surface area contributed by atoms with Crippen LogP contribution in [0.3, 0.4) is 0 Å². The Balaban J connectivity index is 2.28. The minimum atomic E-state index is -1.20. The molecule has 0 bridgehead atoms. The molecule has 5 heteroatoms. The van der Waals surface area contributed by atoms with Gasteiger partial charge in [0.25, 0.3) is 0 Å². The molecule has 2 atom stereocenters. The molecule has 0 aromatic heterocycles. The minimum Gasteiger partial charge on any atom is -0.508 e. The van der Waals surface area contributed by atoms with Crippen LogP contribution in [-0.2, 0) is 25.4 Å². The number of aromatic hydroxyl groups is 1. The molecule has 0 spiro atoms. The highest BCUT2D eigenvalue weighted by Crippen LogP contribution is 2.26. The first-order chi connectivity index (χ1) is 12.0. The number of carbonyl (C=O) groups excluding carboxylic acids is 1. The van der Waals surface area contributed by atoms with Gasteiger partial charge < -0.3 is 19.3 Å². The van der Waals surface area contributed by atoms with Crippen molar-refractivity contribution in [1.82, 2.24) is 0 Å².